The van der Waals surface area contributed by atoms with Crippen molar-refractivity contribution in [1.29, 1.82) is 0 Å². The molecule has 34 heavy (non-hydrogen) atoms. The van der Waals surface area contributed by atoms with Crippen molar-refractivity contribution in [3.05, 3.63) is 70.5 Å². The lowest BCUT2D eigenvalue weighted by Gasteiger charge is -2.26. The van der Waals surface area contributed by atoms with Gasteiger partial charge in [0.25, 0.3) is 11.6 Å². The van der Waals surface area contributed by atoms with E-state index in [0.29, 0.717) is 18.9 Å². The zero-order valence-corrected chi connectivity index (χ0v) is 18.9. The number of non-ortho nitro benzene ring substituents is 1. The van der Waals surface area contributed by atoms with Crippen molar-refractivity contribution >= 4 is 27.3 Å². The van der Waals surface area contributed by atoms with Crippen LogP contribution in [0.15, 0.2) is 59.8 Å². The Morgan fingerprint density at radius 3 is 2.53 bits per heavy atom. The number of hydrogen-bond acceptors (Lipinski definition) is 8. The number of benzene rings is 2. The number of ether oxygens (including phenoxy) is 2. The maximum absolute atomic E-state index is 13.1. The normalized spacial score (nSPS) is 14.5. The summed E-state index contributed by atoms with van der Waals surface area (Å²) in [5, 5.41) is 17.6. The molecule has 178 valence electrons. The molecule has 1 aliphatic rings. The van der Waals surface area contributed by atoms with Crippen LogP contribution in [-0.4, -0.2) is 66.7 Å². The van der Waals surface area contributed by atoms with Gasteiger partial charge in [-0.05, 0) is 30.3 Å². The molecule has 1 fully saturated rings. The van der Waals surface area contributed by atoms with Gasteiger partial charge in [-0.15, -0.1) is 0 Å². The monoisotopic (exact) mass is 487 g/mol. The minimum atomic E-state index is -3.86. The average molecular weight is 487 g/mol. The van der Waals surface area contributed by atoms with Crippen LogP contribution in [0.1, 0.15) is 10.4 Å². The van der Waals surface area contributed by atoms with E-state index in [4.69, 9.17) is 9.47 Å². The minimum Gasteiger partial charge on any atom is -0.495 e. The molecule has 12 nitrogen and oxygen atoms in total. The molecule has 0 saturated carbocycles. The van der Waals surface area contributed by atoms with E-state index in [2.05, 4.69) is 10.4 Å². The highest BCUT2D eigenvalue weighted by molar-refractivity contribution is 7.89. The zero-order chi connectivity index (χ0) is 24.3. The topological polar surface area (TPSA) is 146 Å². The van der Waals surface area contributed by atoms with Crippen molar-refractivity contribution < 1.29 is 27.6 Å². The fourth-order valence-electron chi connectivity index (χ4n) is 3.39. The second-order valence-corrected chi connectivity index (χ2v) is 9.19. The summed E-state index contributed by atoms with van der Waals surface area (Å²) in [7, 11) is -2.48. The van der Waals surface area contributed by atoms with Crippen LogP contribution in [-0.2, 0) is 14.8 Å². The Balaban J connectivity index is 1.54. The molecule has 0 spiro atoms. The number of amides is 1. The first-order valence-corrected chi connectivity index (χ1v) is 11.6. The van der Waals surface area contributed by atoms with E-state index in [-0.39, 0.29) is 40.7 Å². The lowest BCUT2D eigenvalue weighted by Crippen LogP contribution is -2.40. The van der Waals surface area contributed by atoms with Gasteiger partial charge in [-0.2, -0.15) is 9.40 Å². The number of rotatable bonds is 7. The second-order valence-electron chi connectivity index (χ2n) is 7.28. The van der Waals surface area contributed by atoms with Gasteiger partial charge < -0.3 is 14.8 Å². The van der Waals surface area contributed by atoms with Crippen LogP contribution in [0.25, 0.3) is 5.69 Å². The lowest BCUT2D eigenvalue weighted by molar-refractivity contribution is -0.384. The number of nitrogens with one attached hydrogen (secondary N) is 1. The van der Waals surface area contributed by atoms with Gasteiger partial charge in [-0.3, -0.25) is 14.9 Å². The van der Waals surface area contributed by atoms with E-state index in [9.17, 15) is 23.3 Å². The first-order valence-electron chi connectivity index (χ1n) is 10.2. The molecule has 3 aromatic rings. The molecule has 2 heterocycles. The Morgan fingerprint density at radius 1 is 1.18 bits per heavy atom. The van der Waals surface area contributed by atoms with Crippen molar-refractivity contribution in [1.82, 2.24) is 14.1 Å². The van der Waals surface area contributed by atoms with Gasteiger partial charge in [0.05, 0.1) is 42.7 Å². The van der Waals surface area contributed by atoms with E-state index in [1.807, 2.05) is 0 Å². The van der Waals surface area contributed by atoms with Crippen LogP contribution in [0.4, 0.5) is 11.4 Å². The smallest absolute Gasteiger partial charge is 0.269 e. The summed E-state index contributed by atoms with van der Waals surface area (Å²) < 4.78 is 39.4. The molecule has 1 aromatic heterocycles. The van der Waals surface area contributed by atoms with Crippen molar-refractivity contribution in [3.8, 4) is 11.4 Å². The molecule has 0 atom stereocenters. The Morgan fingerprint density at radius 2 is 1.88 bits per heavy atom. The molecular weight excluding hydrogens is 466 g/mol. The summed E-state index contributed by atoms with van der Waals surface area (Å²) >= 11 is 0. The molecule has 1 N–H and O–H groups in total. The van der Waals surface area contributed by atoms with Crippen LogP contribution in [0, 0.1) is 10.1 Å². The van der Waals surface area contributed by atoms with Crippen molar-refractivity contribution in [2.45, 2.75) is 4.90 Å². The molecule has 0 radical (unpaired) electrons. The minimum absolute atomic E-state index is 0.0590. The molecule has 2 aromatic carbocycles. The predicted octanol–water partition coefficient (Wildman–Crippen LogP) is 2.06. The SMILES string of the molecule is COc1ccc(NC(=O)c2cnn(-c3ccc([N+](=O)[O-])cc3)c2)cc1S(=O)(=O)N1CCOCC1. The first kappa shape index (κ1) is 23.4. The van der Waals surface area contributed by atoms with Crippen LogP contribution in [0.2, 0.25) is 0 Å². The highest BCUT2D eigenvalue weighted by Crippen LogP contribution is 2.30. The van der Waals surface area contributed by atoms with Crippen LogP contribution >= 0.6 is 0 Å². The van der Waals surface area contributed by atoms with E-state index < -0.39 is 20.9 Å². The summed E-state index contributed by atoms with van der Waals surface area (Å²) in [5.41, 5.74) is 0.955. The summed E-state index contributed by atoms with van der Waals surface area (Å²) in [6, 6.07) is 10.1. The van der Waals surface area contributed by atoms with Crippen molar-refractivity contribution in [2.24, 2.45) is 0 Å². The van der Waals surface area contributed by atoms with Gasteiger partial charge in [-0.25, -0.2) is 13.1 Å². The number of nitro benzene ring substituents is 1. The summed E-state index contributed by atoms with van der Waals surface area (Å²) in [6.07, 6.45) is 2.80. The number of morpholine rings is 1. The second kappa shape index (κ2) is 9.59. The van der Waals surface area contributed by atoms with Gasteiger partial charge in [0.15, 0.2) is 0 Å². The fourth-order valence-corrected chi connectivity index (χ4v) is 4.98. The van der Waals surface area contributed by atoms with Gasteiger partial charge in [0.2, 0.25) is 10.0 Å². The molecule has 1 saturated heterocycles. The van der Waals surface area contributed by atoms with Gasteiger partial charge in [0.1, 0.15) is 10.6 Å². The Kier molecular flexibility index (Phi) is 6.58. The number of anilines is 1. The van der Waals surface area contributed by atoms with Gasteiger partial charge in [-0.1, -0.05) is 0 Å². The van der Waals surface area contributed by atoms with E-state index in [0.717, 1.165) is 0 Å². The third-order valence-electron chi connectivity index (χ3n) is 5.18. The molecule has 1 aliphatic heterocycles. The third-order valence-corrected chi connectivity index (χ3v) is 7.10. The summed E-state index contributed by atoms with van der Waals surface area (Å²) in [5.74, 6) is -0.344. The summed E-state index contributed by atoms with van der Waals surface area (Å²) in [6.45, 7) is 1.06. The zero-order valence-electron chi connectivity index (χ0n) is 18.1. The number of carbonyl (C=O) groups is 1. The first-order chi connectivity index (χ1) is 16.3. The number of sulfonamides is 1. The largest absolute Gasteiger partial charge is 0.495 e. The number of methoxy groups -OCH3 is 1. The van der Waals surface area contributed by atoms with Crippen molar-refractivity contribution in [2.75, 3.05) is 38.7 Å². The maximum atomic E-state index is 13.1. The fraction of sp³-hybridized carbons (Fsp3) is 0.238. The van der Waals surface area contributed by atoms with Crippen molar-refractivity contribution in [3.63, 3.8) is 0 Å². The predicted molar refractivity (Wildman–Crippen MR) is 121 cm³/mol. The van der Waals surface area contributed by atoms with E-state index >= 15 is 0 Å². The van der Waals surface area contributed by atoms with Crippen LogP contribution in [0.5, 0.6) is 5.75 Å². The lowest BCUT2D eigenvalue weighted by atomic mass is 10.2. The maximum Gasteiger partial charge on any atom is 0.269 e. The Hall–Kier alpha value is -3.81. The number of hydrogen-bond donors (Lipinski definition) is 1. The number of aromatic nitrogens is 2. The van der Waals surface area contributed by atoms with Crippen LogP contribution in [0.3, 0.4) is 0 Å². The number of nitro groups is 1. The molecule has 0 unspecified atom stereocenters. The van der Waals surface area contributed by atoms with E-state index in [1.165, 1.54) is 71.0 Å². The number of carbonyl (C=O) groups excluding carboxylic acids is 1. The molecule has 0 aliphatic carbocycles. The van der Waals surface area contributed by atoms with Crippen LogP contribution < -0.4 is 10.1 Å². The standard InChI is InChI=1S/C21H21N5O7S/c1-32-19-7-2-16(12-20(19)34(30,31)24-8-10-33-11-9-24)23-21(27)15-13-22-25(14-15)17-3-5-18(6-4-17)26(28)29/h2-7,12-14H,8-11H2,1H3,(H,23,27). The average Bonchev–Trinajstić information content (AvgIpc) is 3.35. The highest BCUT2D eigenvalue weighted by Gasteiger charge is 2.29. The third kappa shape index (κ3) is 4.76. The number of nitrogens with zero attached hydrogens (tertiary/aromatic N) is 4. The molecule has 0 bridgehead atoms. The molecule has 1 amide bonds. The highest BCUT2D eigenvalue weighted by atomic mass is 32.2. The summed E-state index contributed by atoms with van der Waals surface area (Å²) in [4.78, 5) is 23.0. The molecule has 4 rings (SSSR count). The Bertz CT molecular complexity index is 1320. The Labute approximate surface area is 194 Å². The molecule has 13 heteroatoms. The quantitative estimate of drug-likeness (QED) is 0.394. The van der Waals surface area contributed by atoms with Gasteiger partial charge >= 0.3 is 0 Å². The van der Waals surface area contributed by atoms with E-state index in [1.54, 1.807) is 0 Å². The van der Waals surface area contributed by atoms with Gasteiger partial charge in [0, 0.05) is 37.1 Å². The molecular formula is C21H21N5O7S.